The smallest absolute Gasteiger partial charge is 0.321 e. The highest BCUT2D eigenvalue weighted by molar-refractivity contribution is 6.36. The van der Waals surface area contributed by atoms with E-state index in [2.05, 4.69) is 15.6 Å². The number of nitrogens with one attached hydrogen (secondary N) is 2. The summed E-state index contributed by atoms with van der Waals surface area (Å²) in [6, 6.07) is 12.7. The topological polar surface area (TPSA) is 101 Å². The molecule has 33 heavy (non-hydrogen) atoms. The Hall–Kier alpha value is -4.04. The Morgan fingerprint density at radius 2 is 2.06 bits per heavy atom. The first kappa shape index (κ1) is 20.8. The number of aliphatic carboxylic acids is 1. The van der Waals surface area contributed by atoms with Crippen molar-refractivity contribution < 1.29 is 23.8 Å². The number of carboxylic acids is 1. The van der Waals surface area contributed by atoms with E-state index in [0.29, 0.717) is 35.5 Å². The number of carboxylic acid groups (broad SMARTS) is 1. The number of benzene rings is 2. The first-order valence-corrected chi connectivity index (χ1v) is 10.4. The standard InChI is InChI=1S/C25H20FN3O4/c26-17-4-6-20-19(10-17)22(24(30)29-20)23-18-5-3-15(8-16(18)13-33-23)12-28-21(25(31)32)9-14-2-1-7-27-11-14/h1-8,10-11,21,28H,9,12-13H2,(H,29,30)(H,31,32). The third-order valence-electron chi connectivity index (χ3n) is 5.75. The van der Waals surface area contributed by atoms with Gasteiger partial charge >= 0.3 is 5.97 Å². The minimum Gasteiger partial charge on any atom is -0.487 e. The van der Waals surface area contributed by atoms with Crippen LogP contribution in [0.4, 0.5) is 10.1 Å². The Balaban J connectivity index is 1.37. The molecule has 2 aliphatic heterocycles. The van der Waals surface area contributed by atoms with E-state index in [4.69, 9.17) is 4.74 Å². The summed E-state index contributed by atoms with van der Waals surface area (Å²) in [4.78, 5) is 28.3. The average molecular weight is 445 g/mol. The van der Waals surface area contributed by atoms with Gasteiger partial charge in [0.15, 0.2) is 0 Å². The lowest BCUT2D eigenvalue weighted by Crippen LogP contribution is -2.38. The number of anilines is 1. The van der Waals surface area contributed by atoms with Crippen molar-refractivity contribution in [1.82, 2.24) is 10.3 Å². The first-order chi connectivity index (χ1) is 16.0. The van der Waals surface area contributed by atoms with E-state index >= 15 is 0 Å². The van der Waals surface area contributed by atoms with Gasteiger partial charge in [0.25, 0.3) is 5.91 Å². The highest BCUT2D eigenvalue weighted by atomic mass is 19.1. The predicted octanol–water partition coefficient (Wildman–Crippen LogP) is 3.36. The van der Waals surface area contributed by atoms with Crippen molar-refractivity contribution in [2.45, 2.75) is 25.6 Å². The number of ether oxygens (including phenoxy) is 1. The zero-order valence-corrected chi connectivity index (χ0v) is 17.5. The lowest BCUT2D eigenvalue weighted by Gasteiger charge is -2.15. The fourth-order valence-corrected chi connectivity index (χ4v) is 4.14. The highest BCUT2D eigenvalue weighted by Gasteiger charge is 2.32. The summed E-state index contributed by atoms with van der Waals surface area (Å²) in [7, 11) is 0. The molecule has 3 aromatic rings. The maximum atomic E-state index is 13.8. The minimum atomic E-state index is -0.937. The van der Waals surface area contributed by atoms with Gasteiger partial charge in [-0.1, -0.05) is 24.3 Å². The van der Waals surface area contributed by atoms with Gasteiger partial charge in [0, 0.05) is 41.3 Å². The SMILES string of the molecule is O=C1Nc2ccc(F)cc2C1=C1OCc2cc(CNC(Cc3cccnc3)C(=O)O)ccc21. The summed E-state index contributed by atoms with van der Waals surface area (Å²) < 4.78 is 19.6. The maximum Gasteiger partial charge on any atom is 0.321 e. The van der Waals surface area contributed by atoms with Crippen molar-refractivity contribution >= 4 is 28.9 Å². The van der Waals surface area contributed by atoms with Crippen molar-refractivity contribution in [3.8, 4) is 0 Å². The van der Waals surface area contributed by atoms with Gasteiger partial charge in [-0.2, -0.15) is 0 Å². The molecule has 7 nitrogen and oxygen atoms in total. The van der Waals surface area contributed by atoms with Crippen LogP contribution in [-0.4, -0.2) is 28.0 Å². The van der Waals surface area contributed by atoms with E-state index in [0.717, 1.165) is 22.3 Å². The molecule has 1 aromatic heterocycles. The van der Waals surface area contributed by atoms with Crippen molar-refractivity contribution in [3.63, 3.8) is 0 Å². The van der Waals surface area contributed by atoms with Gasteiger partial charge in [-0.15, -0.1) is 0 Å². The van der Waals surface area contributed by atoms with Crippen molar-refractivity contribution in [1.29, 1.82) is 0 Å². The number of rotatable bonds is 6. The molecule has 8 heteroatoms. The van der Waals surface area contributed by atoms with E-state index in [1.165, 1.54) is 18.2 Å². The number of nitrogens with zero attached hydrogens (tertiary/aromatic N) is 1. The van der Waals surface area contributed by atoms with Crippen LogP contribution in [0.5, 0.6) is 0 Å². The van der Waals surface area contributed by atoms with Crippen molar-refractivity contribution in [2.24, 2.45) is 0 Å². The molecule has 1 amide bonds. The van der Waals surface area contributed by atoms with Gasteiger partial charge in [0.05, 0.1) is 5.57 Å². The third kappa shape index (κ3) is 4.08. The monoisotopic (exact) mass is 445 g/mol. The quantitative estimate of drug-likeness (QED) is 0.503. The second-order valence-electron chi connectivity index (χ2n) is 7.97. The highest BCUT2D eigenvalue weighted by Crippen LogP contribution is 2.41. The molecule has 0 spiro atoms. The molecule has 0 saturated carbocycles. The number of hydrogen-bond acceptors (Lipinski definition) is 5. The van der Waals surface area contributed by atoms with Crippen LogP contribution in [0.2, 0.25) is 0 Å². The second-order valence-corrected chi connectivity index (χ2v) is 7.97. The number of hydrogen-bond donors (Lipinski definition) is 3. The summed E-state index contributed by atoms with van der Waals surface area (Å²) in [5, 5.41) is 15.4. The van der Waals surface area contributed by atoms with E-state index in [1.807, 2.05) is 24.3 Å². The fraction of sp³-hybridized carbons (Fsp3) is 0.160. The summed E-state index contributed by atoms with van der Waals surface area (Å²) >= 11 is 0. The van der Waals surface area contributed by atoms with Crippen LogP contribution in [-0.2, 0) is 33.9 Å². The summed E-state index contributed by atoms with van der Waals surface area (Å²) in [5.41, 5.74) is 4.73. The number of aromatic nitrogens is 1. The molecular formula is C25H20FN3O4. The van der Waals surface area contributed by atoms with Crippen LogP contribution in [0, 0.1) is 5.82 Å². The summed E-state index contributed by atoms with van der Waals surface area (Å²) in [6.07, 6.45) is 3.62. The van der Waals surface area contributed by atoms with Crippen LogP contribution in [0.1, 0.15) is 27.8 Å². The number of carbonyl (C=O) groups excluding carboxylic acids is 1. The molecule has 0 radical (unpaired) electrons. The van der Waals surface area contributed by atoms with E-state index < -0.39 is 17.8 Å². The zero-order chi connectivity index (χ0) is 22.9. The third-order valence-corrected chi connectivity index (χ3v) is 5.75. The molecule has 0 saturated heterocycles. The summed E-state index contributed by atoms with van der Waals surface area (Å²) in [6.45, 7) is 0.628. The maximum absolute atomic E-state index is 13.8. The van der Waals surface area contributed by atoms with E-state index in [1.54, 1.807) is 18.5 Å². The van der Waals surface area contributed by atoms with Gasteiger partial charge < -0.3 is 20.5 Å². The Bertz CT molecular complexity index is 1290. The second kappa shape index (κ2) is 8.48. The van der Waals surface area contributed by atoms with Crippen LogP contribution < -0.4 is 10.6 Å². The van der Waals surface area contributed by atoms with E-state index in [-0.39, 0.29) is 12.5 Å². The Morgan fingerprint density at radius 3 is 2.85 bits per heavy atom. The molecule has 0 fully saturated rings. The fourth-order valence-electron chi connectivity index (χ4n) is 4.14. The molecule has 0 aliphatic carbocycles. The van der Waals surface area contributed by atoms with Crippen LogP contribution in [0.15, 0.2) is 60.9 Å². The predicted molar refractivity (Wildman–Crippen MR) is 119 cm³/mol. The first-order valence-electron chi connectivity index (χ1n) is 10.4. The average Bonchev–Trinajstić information content (AvgIpc) is 3.36. The van der Waals surface area contributed by atoms with Crippen molar-refractivity contribution in [2.75, 3.05) is 5.32 Å². The van der Waals surface area contributed by atoms with E-state index in [9.17, 15) is 19.1 Å². The molecule has 2 aliphatic rings. The Kier molecular flexibility index (Phi) is 5.35. The number of amides is 1. The molecule has 5 rings (SSSR count). The summed E-state index contributed by atoms with van der Waals surface area (Å²) in [5.74, 6) is -1.27. The molecular weight excluding hydrogens is 425 g/mol. The molecule has 2 aromatic carbocycles. The van der Waals surface area contributed by atoms with Gasteiger partial charge in [0.2, 0.25) is 0 Å². The van der Waals surface area contributed by atoms with Crippen molar-refractivity contribution in [3.05, 3.63) is 94.6 Å². The lowest BCUT2D eigenvalue weighted by molar-refractivity contribution is -0.139. The molecule has 3 heterocycles. The molecule has 166 valence electrons. The van der Waals surface area contributed by atoms with Crippen LogP contribution >= 0.6 is 0 Å². The normalized spacial score (nSPS) is 17.2. The number of pyridine rings is 1. The van der Waals surface area contributed by atoms with Gasteiger partial charge in [-0.25, -0.2) is 4.39 Å². The van der Waals surface area contributed by atoms with Gasteiger partial charge in [-0.3, -0.25) is 14.6 Å². The number of carbonyl (C=O) groups is 2. The largest absolute Gasteiger partial charge is 0.487 e. The van der Waals surface area contributed by atoms with Crippen LogP contribution in [0.25, 0.3) is 11.3 Å². The van der Waals surface area contributed by atoms with Gasteiger partial charge in [-0.05, 0) is 41.8 Å². The number of fused-ring (bicyclic) bond motifs is 2. The minimum absolute atomic E-state index is 0.276. The van der Waals surface area contributed by atoms with Crippen LogP contribution in [0.3, 0.4) is 0 Å². The molecule has 0 bridgehead atoms. The Morgan fingerprint density at radius 1 is 1.18 bits per heavy atom. The molecule has 1 unspecified atom stereocenters. The molecule has 1 atom stereocenters. The number of halogens is 1. The molecule has 3 N–H and O–H groups in total. The van der Waals surface area contributed by atoms with Gasteiger partial charge in [0.1, 0.15) is 24.2 Å². The zero-order valence-electron chi connectivity index (χ0n) is 17.5. The Labute approximate surface area is 188 Å². The lowest BCUT2D eigenvalue weighted by atomic mass is 9.99.